The van der Waals surface area contributed by atoms with Gasteiger partial charge in [0.2, 0.25) is 5.82 Å². The van der Waals surface area contributed by atoms with Gasteiger partial charge >= 0.3 is 5.69 Å². The molecule has 0 saturated heterocycles. The molecule has 0 atom stereocenters. The first kappa shape index (κ1) is 12.1. The van der Waals surface area contributed by atoms with Gasteiger partial charge in [0.05, 0.1) is 6.20 Å². The summed E-state index contributed by atoms with van der Waals surface area (Å²) in [6.07, 6.45) is 3.53. The summed E-state index contributed by atoms with van der Waals surface area (Å²) in [6, 6.07) is 0. The molecule has 0 aliphatic rings. The fraction of sp³-hybridized carbons (Fsp3) is 0.400. The molecule has 0 aliphatic heterocycles. The quantitative estimate of drug-likeness (QED) is 0.741. The van der Waals surface area contributed by atoms with Crippen molar-refractivity contribution in [2.45, 2.75) is 6.54 Å². The highest BCUT2D eigenvalue weighted by Crippen LogP contribution is 1.99. The van der Waals surface area contributed by atoms with Crippen LogP contribution in [0.2, 0.25) is 0 Å². The molecular weight excluding hydrogens is 236 g/mol. The third kappa shape index (κ3) is 2.17. The molecule has 2 aromatic rings. The van der Waals surface area contributed by atoms with E-state index in [1.54, 1.807) is 10.9 Å². The first-order chi connectivity index (χ1) is 8.49. The lowest BCUT2D eigenvalue weighted by molar-refractivity contribution is 0.604. The average molecular weight is 250 g/mol. The minimum absolute atomic E-state index is 0.142. The predicted octanol–water partition coefficient (Wildman–Crippen LogP) is -1.18. The molecule has 0 aromatic carbocycles. The van der Waals surface area contributed by atoms with E-state index in [4.69, 9.17) is 0 Å². The Labute approximate surface area is 102 Å². The van der Waals surface area contributed by atoms with Gasteiger partial charge in [0.15, 0.2) is 0 Å². The van der Waals surface area contributed by atoms with E-state index in [-0.39, 0.29) is 5.82 Å². The number of rotatable bonds is 3. The number of anilines is 1. The van der Waals surface area contributed by atoms with Crippen molar-refractivity contribution < 1.29 is 0 Å². The molecule has 0 saturated carbocycles. The average Bonchev–Trinajstić information content (AvgIpc) is 2.75. The van der Waals surface area contributed by atoms with Crippen molar-refractivity contribution >= 4 is 5.82 Å². The maximum Gasteiger partial charge on any atom is 0.346 e. The molecular formula is C10H14N6O2. The summed E-state index contributed by atoms with van der Waals surface area (Å²) >= 11 is 0. The van der Waals surface area contributed by atoms with Crippen LogP contribution in [0.15, 0.2) is 22.0 Å². The second kappa shape index (κ2) is 4.47. The van der Waals surface area contributed by atoms with Gasteiger partial charge in [-0.15, -0.1) is 5.10 Å². The Balaban J connectivity index is 2.25. The lowest BCUT2D eigenvalue weighted by atomic mass is 10.3. The Morgan fingerprint density at radius 3 is 2.61 bits per heavy atom. The van der Waals surface area contributed by atoms with E-state index in [2.05, 4.69) is 15.5 Å². The molecule has 2 heterocycles. The summed E-state index contributed by atoms with van der Waals surface area (Å²) in [5, 5.41) is 10.8. The highest BCUT2D eigenvalue weighted by molar-refractivity contribution is 5.30. The SMILES string of the molecule is Cn1cc(CNc2nn(C)c(=O)n(C)c2=O)cn1. The van der Waals surface area contributed by atoms with Gasteiger partial charge in [-0.05, 0) is 0 Å². The monoisotopic (exact) mass is 250 g/mol. The molecule has 0 radical (unpaired) electrons. The Kier molecular flexibility index (Phi) is 3.00. The summed E-state index contributed by atoms with van der Waals surface area (Å²) < 4.78 is 3.80. The lowest BCUT2D eigenvalue weighted by Gasteiger charge is -2.06. The zero-order valence-corrected chi connectivity index (χ0v) is 10.4. The highest BCUT2D eigenvalue weighted by Gasteiger charge is 2.08. The van der Waals surface area contributed by atoms with Crippen molar-refractivity contribution in [1.82, 2.24) is 24.1 Å². The van der Waals surface area contributed by atoms with E-state index in [1.165, 1.54) is 14.1 Å². The third-order valence-electron chi connectivity index (χ3n) is 2.54. The summed E-state index contributed by atoms with van der Waals surface area (Å²) in [4.78, 5) is 23.2. The molecule has 0 bridgehead atoms. The van der Waals surface area contributed by atoms with Crippen molar-refractivity contribution in [2.24, 2.45) is 21.1 Å². The molecule has 2 aromatic heterocycles. The standard InChI is InChI=1S/C10H14N6O2/c1-14-6-7(5-12-14)4-11-8-9(17)15(2)10(18)16(3)13-8/h5-6H,4H2,1-3H3,(H,11,13). The second-order valence-corrected chi connectivity index (χ2v) is 3.99. The summed E-state index contributed by atoms with van der Waals surface area (Å²) in [5.41, 5.74) is 0.0316. The van der Waals surface area contributed by atoms with Crippen molar-refractivity contribution in [3.05, 3.63) is 38.8 Å². The van der Waals surface area contributed by atoms with Gasteiger partial charge in [0.25, 0.3) is 5.56 Å². The molecule has 0 amide bonds. The Bertz CT molecular complexity index is 680. The van der Waals surface area contributed by atoms with E-state index in [1.807, 2.05) is 13.2 Å². The summed E-state index contributed by atoms with van der Waals surface area (Å²) in [5.74, 6) is 0.142. The zero-order chi connectivity index (χ0) is 13.3. The number of nitrogens with one attached hydrogen (secondary N) is 1. The molecule has 0 spiro atoms. The van der Waals surface area contributed by atoms with Crippen LogP contribution in [0.1, 0.15) is 5.56 Å². The minimum Gasteiger partial charge on any atom is -0.360 e. The maximum absolute atomic E-state index is 11.8. The van der Waals surface area contributed by atoms with Crippen LogP contribution in [0.25, 0.3) is 0 Å². The van der Waals surface area contributed by atoms with Crippen LogP contribution < -0.4 is 16.6 Å². The van der Waals surface area contributed by atoms with Gasteiger partial charge in [-0.1, -0.05) is 0 Å². The van der Waals surface area contributed by atoms with Gasteiger partial charge < -0.3 is 5.32 Å². The molecule has 0 aliphatic carbocycles. The van der Waals surface area contributed by atoms with E-state index < -0.39 is 11.2 Å². The number of nitrogens with zero attached hydrogens (tertiary/aromatic N) is 5. The van der Waals surface area contributed by atoms with Crippen LogP contribution in [0.3, 0.4) is 0 Å². The lowest BCUT2D eigenvalue weighted by Crippen LogP contribution is -2.39. The van der Waals surface area contributed by atoms with E-state index in [9.17, 15) is 9.59 Å². The Morgan fingerprint density at radius 1 is 1.28 bits per heavy atom. The van der Waals surface area contributed by atoms with Crippen LogP contribution in [-0.4, -0.2) is 24.1 Å². The molecule has 2 rings (SSSR count). The van der Waals surface area contributed by atoms with Crippen molar-refractivity contribution in [3.8, 4) is 0 Å². The fourth-order valence-corrected chi connectivity index (χ4v) is 1.56. The van der Waals surface area contributed by atoms with Gasteiger partial charge in [-0.25, -0.2) is 9.48 Å². The smallest absolute Gasteiger partial charge is 0.346 e. The number of aryl methyl sites for hydroxylation is 2. The molecule has 8 heteroatoms. The normalized spacial score (nSPS) is 10.6. The molecule has 96 valence electrons. The summed E-state index contributed by atoms with van der Waals surface area (Å²) in [6.45, 7) is 0.425. The molecule has 0 unspecified atom stereocenters. The maximum atomic E-state index is 11.8. The van der Waals surface area contributed by atoms with E-state index >= 15 is 0 Å². The second-order valence-electron chi connectivity index (χ2n) is 3.99. The number of hydrogen-bond acceptors (Lipinski definition) is 5. The van der Waals surface area contributed by atoms with Crippen LogP contribution >= 0.6 is 0 Å². The molecule has 0 fully saturated rings. The Morgan fingerprint density at radius 2 is 2.00 bits per heavy atom. The van der Waals surface area contributed by atoms with Crippen LogP contribution in [0.5, 0.6) is 0 Å². The van der Waals surface area contributed by atoms with Gasteiger partial charge in [-0.2, -0.15) is 5.10 Å². The topological polar surface area (TPSA) is 86.7 Å². The highest BCUT2D eigenvalue weighted by atomic mass is 16.2. The van der Waals surface area contributed by atoms with Crippen molar-refractivity contribution in [3.63, 3.8) is 0 Å². The van der Waals surface area contributed by atoms with Gasteiger partial charge in [-0.3, -0.25) is 14.0 Å². The molecule has 18 heavy (non-hydrogen) atoms. The third-order valence-corrected chi connectivity index (χ3v) is 2.54. The van der Waals surface area contributed by atoms with Gasteiger partial charge in [0, 0.05) is 39.4 Å². The zero-order valence-electron chi connectivity index (χ0n) is 10.4. The predicted molar refractivity (Wildman–Crippen MR) is 65.3 cm³/mol. The van der Waals surface area contributed by atoms with Crippen LogP contribution in [-0.2, 0) is 27.7 Å². The number of aromatic nitrogens is 5. The number of hydrogen-bond donors (Lipinski definition) is 1. The first-order valence-corrected chi connectivity index (χ1v) is 5.35. The Hall–Kier alpha value is -2.38. The first-order valence-electron chi connectivity index (χ1n) is 5.35. The largest absolute Gasteiger partial charge is 0.360 e. The van der Waals surface area contributed by atoms with Crippen molar-refractivity contribution in [1.29, 1.82) is 0 Å². The van der Waals surface area contributed by atoms with Crippen LogP contribution in [0.4, 0.5) is 5.82 Å². The van der Waals surface area contributed by atoms with Gasteiger partial charge in [0.1, 0.15) is 0 Å². The molecule has 1 N–H and O–H groups in total. The van der Waals surface area contributed by atoms with Crippen LogP contribution in [0, 0.1) is 0 Å². The fourth-order valence-electron chi connectivity index (χ4n) is 1.56. The van der Waals surface area contributed by atoms with E-state index in [0.29, 0.717) is 6.54 Å². The summed E-state index contributed by atoms with van der Waals surface area (Å²) in [7, 11) is 4.73. The molecule has 8 nitrogen and oxygen atoms in total. The van der Waals surface area contributed by atoms with Crippen molar-refractivity contribution in [2.75, 3.05) is 5.32 Å². The minimum atomic E-state index is -0.452. The van der Waals surface area contributed by atoms with E-state index in [0.717, 1.165) is 14.8 Å².